The van der Waals surface area contributed by atoms with E-state index in [0.717, 1.165) is 28.0 Å². The van der Waals surface area contributed by atoms with Crippen molar-refractivity contribution in [1.82, 2.24) is 9.13 Å². The van der Waals surface area contributed by atoms with Crippen LogP contribution in [0.3, 0.4) is 0 Å². The maximum Gasteiger partial charge on any atom is 0.135 e. The van der Waals surface area contributed by atoms with Crippen LogP contribution in [0.5, 0.6) is 0 Å². The van der Waals surface area contributed by atoms with E-state index in [1.54, 1.807) is 0 Å². The Bertz CT molecular complexity index is 2760. The van der Waals surface area contributed by atoms with Gasteiger partial charge in [-0.05, 0) is 83.9 Å². The molecule has 3 heterocycles. The molecule has 0 bridgehead atoms. The molecule has 0 saturated carbocycles. The highest BCUT2D eigenvalue weighted by atomic mass is 16.3. The molecule has 10 rings (SSSR count). The van der Waals surface area contributed by atoms with Crippen LogP contribution in [0.1, 0.15) is 0 Å². The third kappa shape index (κ3) is 4.00. The lowest BCUT2D eigenvalue weighted by Gasteiger charge is -2.10. The first-order valence-electron chi connectivity index (χ1n) is 16.0. The molecule has 47 heavy (non-hydrogen) atoms. The molecule has 3 aromatic heterocycles. The number of hydrogen-bond acceptors (Lipinski definition) is 1. The van der Waals surface area contributed by atoms with Gasteiger partial charge in [0, 0.05) is 43.9 Å². The summed E-state index contributed by atoms with van der Waals surface area (Å²) in [6.45, 7) is 0. The molecule has 0 atom stereocenters. The van der Waals surface area contributed by atoms with Crippen molar-refractivity contribution in [3.8, 4) is 33.8 Å². The molecule has 0 fully saturated rings. The number of furan rings is 1. The summed E-state index contributed by atoms with van der Waals surface area (Å²) in [6.07, 6.45) is 0. The molecule has 220 valence electrons. The van der Waals surface area contributed by atoms with E-state index >= 15 is 0 Å². The highest BCUT2D eigenvalue weighted by Crippen LogP contribution is 2.39. The smallest absolute Gasteiger partial charge is 0.135 e. The Kier molecular flexibility index (Phi) is 5.57. The minimum atomic E-state index is 0.875. The van der Waals surface area contributed by atoms with E-state index in [1.807, 2.05) is 18.2 Å². The van der Waals surface area contributed by atoms with Crippen molar-refractivity contribution in [3.63, 3.8) is 0 Å². The van der Waals surface area contributed by atoms with Crippen LogP contribution in [0.4, 0.5) is 0 Å². The fourth-order valence-electron chi connectivity index (χ4n) is 7.36. The fraction of sp³-hybridized carbons (Fsp3) is 0. The summed E-state index contributed by atoms with van der Waals surface area (Å²) in [5.41, 5.74) is 11.4. The van der Waals surface area contributed by atoms with Crippen LogP contribution in [0, 0.1) is 0 Å². The van der Waals surface area contributed by atoms with Gasteiger partial charge in [-0.25, -0.2) is 0 Å². The molecule has 0 N–H and O–H groups in total. The zero-order valence-electron chi connectivity index (χ0n) is 25.5. The van der Waals surface area contributed by atoms with Gasteiger partial charge in [0.15, 0.2) is 0 Å². The maximum absolute atomic E-state index is 6.24. The van der Waals surface area contributed by atoms with Gasteiger partial charge in [-0.3, -0.25) is 0 Å². The van der Waals surface area contributed by atoms with Gasteiger partial charge in [0.1, 0.15) is 11.3 Å². The van der Waals surface area contributed by atoms with Crippen molar-refractivity contribution in [3.05, 3.63) is 170 Å². The average Bonchev–Trinajstić information content (AvgIpc) is 3.82. The van der Waals surface area contributed by atoms with Crippen molar-refractivity contribution < 1.29 is 4.42 Å². The largest absolute Gasteiger partial charge is 0.456 e. The Morgan fingerprint density at radius 3 is 1.57 bits per heavy atom. The summed E-state index contributed by atoms with van der Waals surface area (Å²) in [5, 5.41) is 6.10. The Labute approximate surface area is 271 Å². The van der Waals surface area contributed by atoms with Crippen LogP contribution in [0.25, 0.3) is 88.4 Å². The van der Waals surface area contributed by atoms with Gasteiger partial charge >= 0.3 is 0 Å². The molecular formula is C44H28N2O. The van der Waals surface area contributed by atoms with E-state index in [1.165, 1.54) is 60.4 Å². The van der Waals surface area contributed by atoms with Gasteiger partial charge < -0.3 is 13.6 Å². The number of nitrogens with zero attached hydrogens (tertiary/aromatic N) is 2. The first-order chi connectivity index (χ1) is 23.3. The van der Waals surface area contributed by atoms with E-state index in [9.17, 15) is 0 Å². The number of para-hydroxylation sites is 4. The molecule has 0 amide bonds. The van der Waals surface area contributed by atoms with Crippen LogP contribution in [-0.4, -0.2) is 9.13 Å². The van der Waals surface area contributed by atoms with Gasteiger partial charge in [0.25, 0.3) is 0 Å². The SMILES string of the molecule is c1ccc(-n2c3ccccc3c3cc(-c4ccc5c(c4)c4ccccc4n5-c4cccc(-c5cc6ccccc6o5)c4)ccc32)cc1. The highest BCUT2D eigenvalue weighted by molar-refractivity contribution is 6.12. The van der Waals surface area contributed by atoms with Crippen LogP contribution in [0.15, 0.2) is 174 Å². The molecule has 0 aliphatic carbocycles. The quantitative estimate of drug-likeness (QED) is 0.197. The highest BCUT2D eigenvalue weighted by Gasteiger charge is 2.16. The summed E-state index contributed by atoms with van der Waals surface area (Å²) >= 11 is 0. The second-order valence-corrected chi connectivity index (χ2v) is 12.2. The van der Waals surface area contributed by atoms with Crippen molar-refractivity contribution in [2.45, 2.75) is 0 Å². The van der Waals surface area contributed by atoms with Crippen molar-refractivity contribution in [2.24, 2.45) is 0 Å². The molecular weight excluding hydrogens is 572 g/mol. The Hall–Kier alpha value is -6.32. The van der Waals surface area contributed by atoms with Crippen molar-refractivity contribution >= 4 is 54.6 Å². The number of rotatable bonds is 4. The molecule has 0 unspecified atom stereocenters. The van der Waals surface area contributed by atoms with E-state index < -0.39 is 0 Å². The predicted octanol–water partition coefficient (Wildman–Crippen LogP) is 12.0. The third-order valence-electron chi connectivity index (χ3n) is 9.51. The normalized spacial score (nSPS) is 11.8. The van der Waals surface area contributed by atoms with Crippen LogP contribution in [0.2, 0.25) is 0 Å². The fourth-order valence-corrected chi connectivity index (χ4v) is 7.36. The number of hydrogen-bond donors (Lipinski definition) is 0. The van der Waals surface area contributed by atoms with Crippen LogP contribution < -0.4 is 0 Å². The monoisotopic (exact) mass is 600 g/mol. The van der Waals surface area contributed by atoms with Gasteiger partial charge in [0.2, 0.25) is 0 Å². The number of fused-ring (bicyclic) bond motifs is 7. The molecule has 0 radical (unpaired) electrons. The third-order valence-corrected chi connectivity index (χ3v) is 9.51. The predicted molar refractivity (Wildman–Crippen MR) is 196 cm³/mol. The number of aromatic nitrogens is 2. The lowest BCUT2D eigenvalue weighted by molar-refractivity contribution is 0.631. The molecule has 7 aromatic carbocycles. The standard InChI is InChI=1S/C44H28N2O/c1-2-13-33(14-3-1)45-39-18-7-5-16-35(39)37-26-29(21-23-41(37)45)30-22-24-42-38(27-30)36-17-6-8-19-40(36)46(42)34-15-10-12-31(25-34)44-28-32-11-4-9-20-43(32)47-44/h1-28H. The topological polar surface area (TPSA) is 23.0 Å². The summed E-state index contributed by atoms with van der Waals surface area (Å²) in [7, 11) is 0. The molecule has 0 saturated heterocycles. The van der Waals surface area contributed by atoms with E-state index in [-0.39, 0.29) is 0 Å². The summed E-state index contributed by atoms with van der Waals surface area (Å²) in [5.74, 6) is 0.875. The molecule has 3 heteroatoms. The second kappa shape index (κ2) is 10.1. The summed E-state index contributed by atoms with van der Waals surface area (Å²) in [6, 6.07) is 60.8. The minimum absolute atomic E-state index is 0.875. The lowest BCUT2D eigenvalue weighted by atomic mass is 10.0. The summed E-state index contributed by atoms with van der Waals surface area (Å²) in [4.78, 5) is 0. The Balaban J connectivity index is 1.13. The molecule has 3 nitrogen and oxygen atoms in total. The van der Waals surface area contributed by atoms with Crippen LogP contribution in [-0.2, 0) is 0 Å². The number of benzene rings is 7. The van der Waals surface area contributed by atoms with Gasteiger partial charge in [0.05, 0.1) is 22.1 Å². The average molecular weight is 601 g/mol. The van der Waals surface area contributed by atoms with Crippen molar-refractivity contribution in [1.29, 1.82) is 0 Å². The molecule has 0 aliphatic heterocycles. The zero-order chi connectivity index (χ0) is 30.9. The van der Waals surface area contributed by atoms with E-state index in [0.29, 0.717) is 0 Å². The van der Waals surface area contributed by atoms with Gasteiger partial charge in [-0.1, -0.05) is 97.1 Å². The first-order valence-corrected chi connectivity index (χ1v) is 16.0. The molecule has 0 spiro atoms. The Morgan fingerprint density at radius 1 is 0.340 bits per heavy atom. The second-order valence-electron chi connectivity index (χ2n) is 12.2. The lowest BCUT2D eigenvalue weighted by Crippen LogP contribution is -1.94. The Morgan fingerprint density at radius 2 is 0.894 bits per heavy atom. The molecule has 0 aliphatic rings. The van der Waals surface area contributed by atoms with E-state index in [2.05, 4.69) is 161 Å². The molecule has 10 aromatic rings. The maximum atomic E-state index is 6.24. The van der Waals surface area contributed by atoms with Crippen molar-refractivity contribution in [2.75, 3.05) is 0 Å². The van der Waals surface area contributed by atoms with Gasteiger partial charge in [-0.15, -0.1) is 0 Å². The van der Waals surface area contributed by atoms with Crippen LogP contribution >= 0.6 is 0 Å². The minimum Gasteiger partial charge on any atom is -0.456 e. The first kappa shape index (κ1) is 26.0. The van der Waals surface area contributed by atoms with E-state index in [4.69, 9.17) is 4.42 Å². The van der Waals surface area contributed by atoms with Gasteiger partial charge in [-0.2, -0.15) is 0 Å². The summed E-state index contributed by atoms with van der Waals surface area (Å²) < 4.78 is 11.0. The zero-order valence-corrected chi connectivity index (χ0v) is 25.5.